The van der Waals surface area contributed by atoms with Crippen molar-refractivity contribution in [1.82, 2.24) is 9.55 Å². The smallest absolute Gasteiger partial charge is 0.339 e. The second-order valence-corrected chi connectivity index (χ2v) is 9.31. The summed E-state index contributed by atoms with van der Waals surface area (Å²) in [4.78, 5) is 54.8. The Balaban J connectivity index is 1.93. The topological polar surface area (TPSA) is 127 Å². The first kappa shape index (κ1) is 26.5. The number of nitrogens with zero attached hydrogens (tertiary/aromatic N) is 2. The van der Waals surface area contributed by atoms with Crippen molar-refractivity contribution in [3.63, 3.8) is 0 Å². The number of nitrogens with two attached hydrogens (primary N) is 1. The number of carbonyl (C=O) groups excluding carboxylic acids is 2. The van der Waals surface area contributed by atoms with Gasteiger partial charge in [-0.3, -0.25) is 19.1 Å². The van der Waals surface area contributed by atoms with Crippen molar-refractivity contribution in [2.75, 3.05) is 23.8 Å². The fourth-order valence-electron chi connectivity index (χ4n) is 4.22. The van der Waals surface area contributed by atoms with E-state index < -0.39 is 29.7 Å². The Hall–Kier alpha value is -4.14. The number of hydrogen-bond donors (Lipinski definition) is 2. The van der Waals surface area contributed by atoms with Crippen LogP contribution in [-0.2, 0) is 16.1 Å². The molecule has 0 aliphatic carbocycles. The van der Waals surface area contributed by atoms with E-state index in [0.717, 1.165) is 22.3 Å². The number of nitrogen functional groups attached to an aromatic ring is 1. The molecule has 2 aromatic carbocycles. The lowest BCUT2D eigenvalue weighted by atomic mass is 10.00. The molecule has 0 aliphatic heterocycles. The molecule has 3 aromatic rings. The number of amides is 1. The first-order valence-corrected chi connectivity index (χ1v) is 11.7. The van der Waals surface area contributed by atoms with Gasteiger partial charge in [0.2, 0.25) is 0 Å². The highest BCUT2D eigenvalue weighted by atomic mass is 16.5. The summed E-state index contributed by atoms with van der Waals surface area (Å²) in [6.45, 7) is 8.94. The molecule has 0 spiro atoms. The molecule has 0 aliphatic rings. The predicted molar refractivity (Wildman–Crippen MR) is 139 cm³/mol. The van der Waals surface area contributed by atoms with Crippen LogP contribution in [0.5, 0.6) is 0 Å². The van der Waals surface area contributed by atoms with Gasteiger partial charge in [0.1, 0.15) is 5.82 Å². The molecule has 1 heterocycles. The summed E-state index contributed by atoms with van der Waals surface area (Å²) >= 11 is 0. The minimum absolute atomic E-state index is 0.0421. The molecule has 3 N–H and O–H groups in total. The van der Waals surface area contributed by atoms with E-state index in [0.29, 0.717) is 5.56 Å². The van der Waals surface area contributed by atoms with Gasteiger partial charge in [-0.05, 0) is 43.4 Å². The summed E-state index contributed by atoms with van der Waals surface area (Å²) in [7, 11) is 0. The van der Waals surface area contributed by atoms with Gasteiger partial charge in [0.25, 0.3) is 11.5 Å². The van der Waals surface area contributed by atoms with Gasteiger partial charge in [-0.2, -0.15) is 0 Å². The standard InChI is InChI=1S/C27H32N4O5/c1-16(2)13-30(21(32)15-36-26(34)22-18(4)11-17(3)12-19(22)5)23-24(28)31(27(35)29-25(23)33)14-20-9-7-6-8-10-20/h6-12,16H,13-15,28H2,1-5H3,(H,29,33,35). The van der Waals surface area contributed by atoms with E-state index in [1.807, 2.05) is 63.2 Å². The molecule has 1 aromatic heterocycles. The molecule has 0 radical (unpaired) electrons. The van der Waals surface area contributed by atoms with Crippen molar-refractivity contribution < 1.29 is 14.3 Å². The minimum Gasteiger partial charge on any atom is -0.452 e. The van der Waals surface area contributed by atoms with Gasteiger partial charge in [0.15, 0.2) is 12.3 Å². The van der Waals surface area contributed by atoms with Gasteiger partial charge < -0.3 is 15.4 Å². The highest BCUT2D eigenvalue weighted by Gasteiger charge is 2.26. The molecule has 9 heteroatoms. The zero-order valence-electron chi connectivity index (χ0n) is 21.3. The second-order valence-electron chi connectivity index (χ2n) is 9.31. The Labute approximate surface area is 209 Å². The quantitative estimate of drug-likeness (QED) is 0.466. The third-order valence-corrected chi connectivity index (χ3v) is 5.72. The molecule has 190 valence electrons. The molecule has 0 saturated carbocycles. The van der Waals surface area contributed by atoms with Crippen molar-refractivity contribution in [3.05, 3.63) is 91.1 Å². The highest BCUT2D eigenvalue weighted by Crippen LogP contribution is 2.21. The summed E-state index contributed by atoms with van der Waals surface area (Å²) in [5.74, 6) is -1.43. The summed E-state index contributed by atoms with van der Waals surface area (Å²) in [5, 5.41) is 0. The SMILES string of the molecule is Cc1cc(C)c(C(=O)OCC(=O)N(CC(C)C)c2c(N)n(Cc3ccccc3)c(=O)[nH]c2=O)c(C)c1. The Kier molecular flexibility index (Phi) is 8.14. The number of aromatic amines is 1. The fraction of sp³-hybridized carbons (Fsp3) is 0.333. The summed E-state index contributed by atoms with van der Waals surface area (Å²) in [5.41, 5.74) is 8.38. The van der Waals surface area contributed by atoms with Crippen LogP contribution in [0.4, 0.5) is 11.5 Å². The van der Waals surface area contributed by atoms with E-state index >= 15 is 0 Å². The Morgan fingerprint density at radius 2 is 1.67 bits per heavy atom. The van der Waals surface area contributed by atoms with E-state index in [4.69, 9.17) is 10.5 Å². The largest absolute Gasteiger partial charge is 0.452 e. The van der Waals surface area contributed by atoms with Gasteiger partial charge >= 0.3 is 11.7 Å². The summed E-state index contributed by atoms with van der Waals surface area (Å²) in [6, 6.07) is 12.9. The van der Waals surface area contributed by atoms with Crippen LogP contribution < -0.4 is 21.9 Å². The minimum atomic E-state index is -0.785. The van der Waals surface area contributed by atoms with E-state index in [9.17, 15) is 19.2 Å². The number of rotatable bonds is 8. The maximum atomic E-state index is 13.3. The van der Waals surface area contributed by atoms with Crippen LogP contribution in [-0.4, -0.2) is 34.6 Å². The first-order valence-electron chi connectivity index (χ1n) is 11.7. The van der Waals surface area contributed by atoms with E-state index in [1.165, 1.54) is 9.47 Å². The van der Waals surface area contributed by atoms with Crippen LogP contribution >= 0.6 is 0 Å². The van der Waals surface area contributed by atoms with Crippen molar-refractivity contribution in [2.24, 2.45) is 5.92 Å². The average molecular weight is 493 g/mol. The molecular formula is C27H32N4O5. The average Bonchev–Trinajstić information content (AvgIpc) is 2.79. The summed E-state index contributed by atoms with van der Waals surface area (Å²) in [6.07, 6.45) is 0. The van der Waals surface area contributed by atoms with E-state index in [1.54, 1.807) is 13.8 Å². The lowest BCUT2D eigenvalue weighted by molar-refractivity contribution is -0.121. The number of hydrogen-bond acceptors (Lipinski definition) is 6. The van der Waals surface area contributed by atoms with Gasteiger partial charge in [-0.15, -0.1) is 0 Å². The van der Waals surface area contributed by atoms with Crippen molar-refractivity contribution in [3.8, 4) is 0 Å². The number of anilines is 2. The zero-order valence-corrected chi connectivity index (χ0v) is 21.3. The molecule has 1 amide bonds. The Morgan fingerprint density at radius 1 is 1.06 bits per heavy atom. The van der Waals surface area contributed by atoms with Crippen LogP contribution in [0.15, 0.2) is 52.1 Å². The normalized spacial score (nSPS) is 10.9. The van der Waals surface area contributed by atoms with Gasteiger partial charge in [-0.1, -0.05) is 61.9 Å². The van der Waals surface area contributed by atoms with Crippen LogP contribution in [0.2, 0.25) is 0 Å². The second kappa shape index (κ2) is 11.1. The molecular weight excluding hydrogens is 460 g/mol. The third kappa shape index (κ3) is 5.91. The zero-order chi connectivity index (χ0) is 26.6. The predicted octanol–water partition coefficient (Wildman–Crippen LogP) is 2.94. The van der Waals surface area contributed by atoms with Gasteiger partial charge in [0.05, 0.1) is 12.1 Å². The number of aromatic nitrogens is 2. The number of nitrogens with one attached hydrogen (secondary N) is 1. The van der Waals surface area contributed by atoms with Crippen LogP contribution in [0.25, 0.3) is 0 Å². The lowest BCUT2D eigenvalue weighted by Crippen LogP contribution is -2.44. The van der Waals surface area contributed by atoms with Gasteiger partial charge in [-0.25, -0.2) is 9.59 Å². The Bertz CT molecular complexity index is 1370. The van der Waals surface area contributed by atoms with Crippen LogP contribution in [0.3, 0.4) is 0 Å². The lowest BCUT2D eigenvalue weighted by Gasteiger charge is -2.26. The van der Waals surface area contributed by atoms with Crippen molar-refractivity contribution >= 4 is 23.4 Å². The number of H-pyrrole nitrogens is 1. The maximum Gasteiger partial charge on any atom is 0.339 e. The third-order valence-electron chi connectivity index (χ3n) is 5.72. The fourth-order valence-corrected chi connectivity index (χ4v) is 4.22. The number of ether oxygens (including phenoxy) is 1. The van der Waals surface area contributed by atoms with Gasteiger partial charge in [0, 0.05) is 6.54 Å². The highest BCUT2D eigenvalue weighted by molar-refractivity contribution is 5.99. The van der Waals surface area contributed by atoms with E-state index in [-0.39, 0.29) is 30.5 Å². The van der Waals surface area contributed by atoms with Crippen molar-refractivity contribution in [1.29, 1.82) is 0 Å². The van der Waals surface area contributed by atoms with Crippen molar-refractivity contribution in [2.45, 2.75) is 41.2 Å². The molecule has 36 heavy (non-hydrogen) atoms. The van der Waals surface area contributed by atoms with E-state index in [2.05, 4.69) is 4.98 Å². The number of aryl methyl sites for hydroxylation is 3. The molecule has 0 atom stereocenters. The molecule has 9 nitrogen and oxygen atoms in total. The molecule has 0 saturated heterocycles. The molecule has 0 fully saturated rings. The van der Waals surface area contributed by atoms with Crippen LogP contribution in [0.1, 0.15) is 46.5 Å². The number of benzene rings is 2. The summed E-state index contributed by atoms with van der Waals surface area (Å²) < 4.78 is 6.56. The first-order chi connectivity index (χ1) is 17.0. The molecule has 3 rings (SSSR count). The molecule has 0 unspecified atom stereocenters. The van der Waals surface area contributed by atoms with Crippen LogP contribution in [0, 0.1) is 26.7 Å². The monoisotopic (exact) mass is 492 g/mol. The maximum absolute atomic E-state index is 13.3. The number of esters is 1. The Morgan fingerprint density at radius 3 is 2.25 bits per heavy atom. The number of carbonyl (C=O) groups is 2. The molecule has 0 bridgehead atoms.